The molecule has 2 amide bonds. The highest BCUT2D eigenvalue weighted by Crippen LogP contribution is 2.30. The molecule has 0 atom stereocenters. The Morgan fingerprint density at radius 1 is 1.08 bits per heavy atom. The molecule has 0 N–H and O–H groups in total. The van der Waals surface area contributed by atoms with Crippen molar-refractivity contribution in [1.82, 2.24) is 4.90 Å². The maximum atomic E-state index is 13.1. The number of amides is 2. The summed E-state index contributed by atoms with van der Waals surface area (Å²) in [6, 6.07) is 8.26. The molecule has 0 unspecified atom stereocenters. The number of nitrogens with zero attached hydrogens (tertiary/aromatic N) is 2. The minimum Gasteiger partial charge on any atom is -0.342 e. The van der Waals surface area contributed by atoms with Crippen LogP contribution in [-0.2, 0) is 16.0 Å². The van der Waals surface area contributed by atoms with E-state index < -0.39 is 0 Å². The Bertz CT molecular complexity index is 616. The molecule has 1 saturated heterocycles. The quantitative estimate of drug-likeness (QED) is 0.838. The van der Waals surface area contributed by atoms with Crippen molar-refractivity contribution in [1.29, 1.82) is 0 Å². The van der Waals surface area contributed by atoms with E-state index in [0.717, 1.165) is 63.8 Å². The van der Waals surface area contributed by atoms with Gasteiger partial charge in [-0.2, -0.15) is 0 Å². The number of benzene rings is 1. The Labute approximate surface area is 151 Å². The Balaban J connectivity index is 1.62. The lowest BCUT2D eigenvalue weighted by atomic mass is 9.92. The molecule has 136 valence electrons. The van der Waals surface area contributed by atoms with Crippen molar-refractivity contribution in [2.75, 3.05) is 24.5 Å². The number of carbonyl (C=O) groups excluding carboxylic acids is 2. The summed E-state index contributed by atoms with van der Waals surface area (Å²) in [4.78, 5) is 29.6. The number of hydrogen-bond donors (Lipinski definition) is 0. The predicted molar refractivity (Wildman–Crippen MR) is 100 cm³/mol. The van der Waals surface area contributed by atoms with Crippen molar-refractivity contribution in [3.05, 3.63) is 29.8 Å². The number of aryl methyl sites for hydroxylation is 1. The van der Waals surface area contributed by atoms with Gasteiger partial charge in [0.25, 0.3) is 0 Å². The van der Waals surface area contributed by atoms with Crippen LogP contribution in [0.15, 0.2) is 24.3 Å². The van der Waals surface area contributed by atoms with E-state index in [9.17, 15) is 9.59 Å². The third kappa shape index (κ3) is 3.73. The highest BCUT2D eigenvalue weighted by molar-refractivity contribution is 5.96. The molecule has 0 saturated carbocycles. The third-order valence-electron chi connectivity index (χ3n) is 5.87. The van der Waals surface area contributed by atoms with Crippen molar-refractivity contribution < 1.29 is 9.59 Å². The van der Waals surface area contributed by atoms with E-state index in [1.54, 1.807) is 0 Å². The van der Waals surface area contributed by atoms with Crippen LogP contribution in [0.2, 0.25) is 0 Å². The summed E-state index contributed by atoms with van der Waals surface area (Å²) in [5.41, 5.74) is 2.37. The van der Waals surface area contributed by atoms with Crippen molar-refractivity contribution in [2.24, 2.45) is 11.8 Å². The van der Waals surface area contributed by atoms with E-state index in [-0.39, 0.29) is 23.7 Å². The van der Waals surface area contributed by atoms with Gasteiger partial charge in [-0.05, 0) is 50.2 Å². The van der Waals surface area contributed by atoms with E-state index in [1.165, 1.54) is 5.56 Å². The first kappa shape index (κ1) is 18.0. The summed E-state index contributed by atoms with van der Waals surface area (Å²) in [6.07, 6.45) is 5.49. The molecular weight excluding hydrogens is 312 g/mol. The Morgan fingerprint density at radius 2 is 1.76 bits per heavy atom. The number of para-hydroxylation sites is 1. The van der Waals surface area contributed by atoms with Gasteiger partial charge in [-0.1, -0.05) is 32.0 Å². The van der Waals surface area contributed by atoms with Crippen LogP contribution in [0.3, 0.4) is 0 Å². The van der Waals surface area contributed by atoms with Gasteiger partial charge in [-0.15, -0.1) is 0 Å². The first-order valence-corrected chi connectivity index (χ1v) is 9.83. The number of carbonyl (C=O) groups is 2. The monoisotopic (exact) mass is 342 g/mol. The smallest absolute Gasteiger partial charge is 0.230 e. The third-order valence-corrected chi connectivity index (χ3v) is 5.87. The van der Waals surface area contributed by atoms with E-state index in [2.05, 4.69) is 32.0 Å². The summed E-state index contributed by atoms with van der Waals surface area (Å²) in [7, 11) is 0. The number of piperidine rings is 1. The molecule has 0 aromatic heterocycles. The van der Waals surface area contributed by atoms with E-state index in [0.29, 0.717) is 0 Å². The second-order valence-electron chi connectivity index (χ2n) is 7.34. The molecule has 3 rings (SSSR count). The van der Waals surface area contributed by atoms with Crippen LogP contribution in [0.4, 0.5) is 5.69 Å². The topological polar surface area (TPSA) is 40.6 Å². The van der Waals surface area contributed by atoms with E-state index >= 15 is 0 Å². The molecule has 4 heteroatoms. The van der Waals surface area contributed by atoms with Crippen LogP contribution < -0.4 is 4.90 Å². The van der Waals surface area contributed by atoms with Crippen molar-refractivity contribution >= 4 is 17.5 Å². The van der Waals surface area contributed by atoms with E-state index in [4.69, 9.17) is 0 Å². The van der Waals surface area contributed by atoms with Crippen molar-refractivity contribution in [3.63, 3.8) is 0 Å². The SMILES string of the molecule is CCC(CC)C(=O)N1CCC(C(=O)N2CCCc3ccccc32)CC1. The van der Waals surface area contributed by atoms with E-state index in [1.807, 2.05) is 15.9 Å². The Kier molecular flexibility index (Phi) is 5.77. The molecule has 25 heavy (non-hydrogen) atoms. The molecule has 1 aromatic rings. The summed E-state index contributed by atoms with van der Waals surface area (Å²) in [5.74, 6) is 0.721. The van der Waals surface area contributed by atoms with Gasteiger partial charge in [0.05, 0.1) is 0 Å². The summed E-state index contributed by atoms with van der Waals surface area (Å²) in [5, 5.41) is 0. The molecule has 2 heterocycles. The van der Waals surface area contributed by atoms with Gasteiger partial charge in [0.2, 0.25) is 11.8 Å². The summed E-state index contributed by atoms with van der Waals surface area (Å²) in [6.45, 7) is 6.43. The van der Waals surface area contributed by atoms with Gasteiger partial charge in [-0.25, -0.2) is 0 Å². The Morgan fingerprint density at radius 3 is 2.44 bits per heavy atom. The lowest BCUT2D eigenvalue weighted by Gasteiger charge is -2.37. The highest BCUT2D eigenvalue weighted by atomic mass is 16.2. The molecule has 2 aliphatic heterocycles. The molecule has 1 aromatic carbocycles. The first-order chi connectivity index (χ1) is 12.2. The lowest BCUT2D eigenvalue weighted by Crippen LogP contribution is -2.47. The van der Waals surface area contributed by atoms with Crippen LogP contribution in [0.1, 0.15) is 51.5 Å². The van der Waals surface area contributed by atoms with Crippen molar-refractivity contribution in [2.45, 2.75) is 52.4 Å². The second-order valence-corrected chi connectivity index (χ2v) is 7.34. The maximum Gasteiger partial charge on any atom is 0.230 e. The fraction of sp³-hybridized carbons (Fsp3) is 0.619. The largest absolute Gasteiger partial charge is 0.342 e. The van der Waals surface area contributed by atoms with Crippen molar-refractivity contribution in [3.8, 4) is 0 Å². The molecule has 0 spiro atoms. The summed E-state index contributed by atoms with van der Waals surface area (Å²) >= 11 is 0. The van der Waals surface area contributed by atoms with Gasteiger partial charge >= 0.3 is 0 Å². The van der Waals surface area contributed by atoms with Crippen LogP contribution in [0.25, 0.3) is 0 Å². The number of fused-ring (bicyclic) bond motifs is 1. The number of hydrogen-bond acceptors (Lipinski definition) is 2. The number of anilines is 1. The van der Waals surface area contributed by atoms with Gasteiger partial charge in [-0.3, -0.25) is 9.59 Å². The van der Waals surface area contributed by atoms with Crippen LogP contribution in [0.5, 0.6) is 0 Å². The zero-order valence-electron chi connectivity index (χ0n) is 15.5. The minimum absolute atomic E-state index is 0.0527. The number of likely N-dealkylation sites (tertiary alicyclic amines) is 1. The van der Waals surface area contributed by atoms with Gasteiger partial charge in [0.15, 0.2) is 0 Å². The lowest BCUT2D eigenvalue weighted by molar-refractivity contribution is -0.138. The van der Waals surface area contributed by atoms with Crippen LogP contribution >= 0.6 is 0 Å². The second kappa shape index (κ2) is 8.03. The standard InChI is InChI=1S/C21H30N2O2/c1-3-16(4-2)20(24)22-14-11-18(12-15-22)21(25)23-13-7-9-17-8-5-6-10-19(17)23/h5-6,8,10,16,18H,3-4,7,9,11-15H2,1-2H3. The first-order valence-electron chi connectivity index (χ1n) is 9.83. The zero-order valence-corrected chi connectivity index (χ0v) is 15.5. The molecule has 4 nitrogen and oxygen atoms in total. The molecular formula is C21H30N2O2. The van der Waals surface area contributed by atoms with Gasteiger partial charge < -0.3 is 9.80 Å². The average Bonchev–Trinajstić information content (AvgIpc) is 2.68. The summed E-state index contributed by atoms with van der Waals surface area (Å²) < 4.78 is 0. The normalized spacial score (nSPS) is 18.4. The van der Waals surface area contributed by atoms with Crippen LogP contribution in [-0.4, -0.2) is 36.3 Å². The molecule has 1 fully saturated rings. The molecule has 0 aliphatic carbocycles. The molecule has 0 radical (unpaired) electrons. The molecule has 0 bridgehead atoms. The fourth-order valence-electron chi connectivity index (χ4n) is 4.23. The van der Waals surface area contributed by atoms with Gasteiger partial charge in [0, 0.05) is 37.2 Å². The zero-order chi connectivity index (χ0) is 17.8. The Hall–Kier alpha value is -1.84. The number of rotatable bonds is 4. The molecule has 2 aliphatic rings. The fourth-order valence-corrected chi connectivity index (χ4v) is 4.23. The predicted octanol–water partition coefficient (Wildman–Crippen LogP) is 3.64. The maximum absolute atomic E-state index is 13.1. The minimum atomic E-state index is 0.0527. The van der Waals surface area contributed by atoms with Crippen LogP contribution in [0, 0.1) is 11.8 Å². The average molecular weight is 342 g/mol. The van der Waals surface area contributed by atoms with Gasteiger partial charge in [0.1, 0.15) is 0 Å². The highest BCUT2D eigenvalue weighted by Gasteiger charge is 2.33.